The lowest BCUT2D eigenvalue weighted by molar-refractivity contribution is -0.141. The van der Waals surface area contributed by atoms with E-state index in [1.165, 1.54) is 34.5 Å². The molecule has 0 aliphatic carbocycles. The number of benzene rings is 3. The monoisotopic (exact) mass is 617 g/mol. The largest absolute Gasteiger partial charge is 0.495 e. The van der Waals surface area contributed by atoms with Crippen LogP contribution in [0.5, 0.6) is 5.75 Å². The molecule has 3 aromatic carbocycles. The first-order valence-corrected chi connectivity index (χ1v) is 15.8. The van der Waals surface area contributed by atoms with Gasteiger partial charge in [-0.3, -0.25) is 13.9 Å². The highest BCUT2D eigenvalue weighted by Crippen LogP contribution is 2.30. The Balaban J connectivity index is 1.88. The van der Waals surface area contributed by atoms with Crippen LogP contribution in [0.1, 0.15) is 37.8 Å². The lowest BCUT2D eigenvalue weighted by Gasteiger charge is -2.32. The Morgan fingerprint density at radius 1 is 1.00 bits per heavy atom. The Morgan fingerprint density at radius 3 is 2.24 bits per heavy atom. The molecule has 1 atom stereocenters. The van der Waals surface area contributed by atoms with Gasteiger partial charge < -0.3 is 15.0 Å². The molecule has 1 N–H and O–H groups in total. The minimum atomic E-state index is -3.70. The summed E-state index contributed by atoms with van der Waals surface area (Å²) in [5.74, 6) is -0.644. The summed E-state index contributed by atoms with van der Waals surface area (Å²) in [6, 6.07) is 18.8. The highest BCUT2D eigenvalue weighted by Gasteiger charge is 2.31. The van der Waals surface area contributed by atoms with Crippen molar-refractivity contribution in [1.82, 2.24) is 10.2 Å². The van der Waals surface area contributed by atoms with Crippen molar-refractivity contribution in [3.8, 4) is 5.75 Å². The summed E-state index contributed by atoms with van der Waals surface area (Å²) < 4.78 is 45.3. The maximum atomic E-state index is 13.8. The number of hydrogen-bond donors (Lipinski definition) is 1. The topological polar surface area (TPSA) is 96.0 Å². The van der Waals surface area contributed by atoms with E-state index in [9.17, 15) is 22.4 Å². The number of sulfonamides is 1. The van der Waals surface area contributed by atoms with E-state index in [0.29, 0.717) is 17.0 Å². The van der Waals surface area contributed by atoms with Gasteiger partial charge in [-0.25, -0.2) is 12.8 Å². The number of halogens is 2. The van der Waals surface area contributed by atoms with Gasteiger partial charge >= 0.3 is 0 Å². The van der Waals surface area contributed by atoms with Gasteiger partial charge in [0.1, 0.15) is 17.6 Å². The zero-order valence-corrected chi connectivity index (χ0v) is 25.8. The van der Waals surface area contributed by atoms with E-state index in [0.717, 1.165) is 11.8 Å². The van der Waals surface area contributed by atoms with Gasteiger partial charge in [0.25, 0.3) is 0 Å². The van der Waals surface area contributed by atoms with Crippen LogP contribution in [0.4, 0.5) is 10.1 Å². The number of rotatable bonds is 14. The molecule has 0 saturated carbocycles. The van der Waals surface area contributed by atoms with Crippen molar-refractivity contribution >= 4 is 39.1 Å². The van der Waals surface area contributed by atoms with E-state index in [1.54, 1.807) is 24.3 Å². The summed E-state index contributed by atoms with van der Waals surface area (Å²) in [5, 5.41) is 3.18. The van der Waals surface area contributed by atoms with Crippen molar-refractivity contribution in [2.45, 2.75) is 51.7 Å². The van der Waals surface area contributed by atoms with Crippen molar-refractivity contribution in [2.24, 2.45) is 0 Å². The van der Waals surface area contributed by atoms with E-state index in [1.807, 2.05) is 44.2 Å². The Bertz CT molecular complexity index is 1450. The van der Waals surface area contributed by atoms with E-state index in [2.05, 4.69) is 5.32 Å². The van der Waals surface area contributed by atoms with Gasteiger partial charge in [0.2, 0.25) is 21.8 Å². The average molecular weight is 618 g/mol. The summed E-state index contributed by atoms with van der Waals surface area (Å²) in [6.45, 7) is 3.77. The van der Waals surface area contributed by atoms with Gasteiger partial charge in [-0.1, -0.05) is 54.1 Å². The van der Waals surface area contributed by atoms with Crippen molar-refractivity contribution in [2.75, 3.05) is 24.2 Å². The summed E-state index contributed by atoms with van der Waals surface area (Å²) in [7, 11) is -2.24. The molecule has 0 saturated heterocycles. The number of nitrogens with zero attached hydrogens (tertiary/aromatic N) is 2. The van der Waals surface area contributed by atoms with Crippen LogP contribution in [0, 0.1) is 5.82 Å². The molecular formula is C31H37ClFN3O5S. The van der Waals surface area contributed by atoms with Crippen LogP contribution in [0.15, 0.2) is 72.8 Å². The van der Waals surface area contributed by atoms with Crippen molar-refractivity contribution in [3.05, 3.63) is 94.8 Å². The second-order valence-corrected chi connectivity index (χ2v) is 12.6. The molecule has 0 aromatic heterocycles. The second-order valence-electron chi connectivity index (χ2n) is 10.3. The van der Waals surface area contributed by atoms with E-state index >= 15 is 0 Å². The first-order valence-electron chi connectivity index (χ1n) is 13.6. The van der Waals surface area contributed by atoms with E-state index < -0.39 is 21.9 Å². The van der Waals surface area contributed by atoms with Gasteiger partial charge in [-0.2, -0.15) is 0 Å². The Morgan fingerprint density at radius 2 is 1.67 bits per heavy atom. The van der Waals surface area contributed by atoms with Gasteiger partial charge in [-0.05, 0) is 61.7 Å². The van der Waals surface area contributed by atoms with Crippen LogP contribution in [-0.2, 0) is 32.6 Å². The summed E-state index contributed by atoms with van der Waals surface area (Å²) in [4.78, 5) is 28.8. The minimum Gasteiger partial charge on any atom is -0.495 e. The molecule has 2 amide bonds. The van der Waals surface area contributed by atoms with Gasteiger partial charge in [-0.15, -0.1) is 0 Å². The molecule has 3 aromatic rings. The summed E-state index contributed by atoms with van der Waals surface area (Å²) in [6.07, 6.45) is 1.50. The first-order chi connectivity index (χ1) is 19.9. The molecular weight excluding hydrogens is 581 g/mol. The lowest BCUT2D eigenvalue weighted by Crippen LogP contribution is -2.51. The number of hydrogen-bond acceptors (Lipinski definition) is 5. The minimum absolute atomic E-state index is 0.0131. The molecule has 0 heterocycles. The van der Waals surface area contributed by atoms with Crippen molar-refractivity contribution in [1.29, 1.82) is 0 Å². The summed E-state index contributed by atoms with van der Waals surface area (Å²) in [5.41, 5.74) is 1.88. The number of anilines is 1. The first kappa shape index (κ1) is 32.9. The third kappa shape index (κ3) is 9.46. The normalized spacial score (nSPS) is 12.1. The smallest absolute Gasteiger partial charge is 0.243 e. The Hall–Kier alpha value is -3.63. The number of carbonyl (C=O) groups is 2. The number of nitrogens with one attached hydrogen (secondary N) is 1. The van der Waals surface area contributed by atoms with Crippen LogP contribution < -0.4 is 14.4 Å². The van der Waals surface area contributed by atoms with Crippen molar-refractivity contribution in [3.63, 3.8) is 0 Å². The standard InChI is InChI=1S/C31H37ClFN3O5S/c1-22(2)34-31(38)28(19-23-9-6-5-7-10-23)35(21-24-12-14-25(33)15-13-24)30(37)11-8-18-36(42(4,39)40)26-16-17-29(41-3)27(32)20-26/h5-7,9-10,12-17,20,22,28H,8,11,18-19,21H2,1-4H3,(H,34,38)/t28-/m1/s1. The molecule has 0 aliphatic rings. The quantitative estimate of drug-likeness (QED) is 0.268. The molecule has 226 valence electrons. The van der Waals surface area contributed by atoms with E-state index in [4.69, 9.17) is 16.3 Å². The fraction of sp³-hybridized carbons (Fsp3) is 0.355. The zero-order chi connectivity index (χ0) is 30.9. The average Bonchev–Trinajstić information content (AvgIpc) is 2.93. The Labute approximate surface area is 252 Å². The highest BCUT2D eigenvalue weighted by atomic mass is 35.5. The number of carbonyl (C=O) groups excluding carboxylic acids is 2. The summed E-state index contributed by atoms with van der Waals surface area (Å²) >= 11 is 6.23. The molecule has 11 heteroatoms. The second kappa shape index (κ2) is 15.0. The third-order valence-corrected chi connectivity index (χ3v) is 8.03. The molecule has 3 rings (SSSR count). The molecule has 0 bridgehead atoms. The predicted molar refractivity (Wildman–Crippen MR) is 164 cm³/mol. The molecule has 0 spiro atoms. The molecule has 0 unspecified atom stereocenters. The fourth-order valence-electron chi connectivity index (χ4n) is 4.54. The highest BCUT2D eigenvalue weighted by molar-refractivity contribution is 7.92. The van der Waals surface area contributed by atoms with Crippen LogP contribution in [0.2, 0.25) is 5.02 Å². The van der Waals surface area contributed by atoms with Crippen LogP contribution in [0.25, 0.3) is 0 Å². The van der Waals surface area contributed by atoms with Crippen molar-refractivity contribution < 1.29 is 27.1 Å². The fourth-order valence-corrected chi connectivity index (χ4v) is 5.74. The third-order valence-electron chi connectivity index (χ3n) is 6.54. The van der Waals surface area contributed by atoms with Crippen LogP contribution in [-0.4, -0.2) is 57.1 Å². The Kier molecular flexibility index (Phi) is 11.8. The van der Waals surface area contributed by atoms with Gasteiger partial charge in [0, 0.05) is 32.0 Å². The maximum absolute atomic E-state index is 13.8. The lowest BCUT2D eigenvalue weighted by atomic mass is 10.0. The zero-order valence-electron chi connectivity index (χ0n) is 24.2. The molecule has 42 heavy (non-hydrogen) atoms. The molecule has 0 radical (unpaired) electrons. The maximum Gasteiger partial charge on any atom is 0.243 e. The van der Waals surface area contributed by atoms with Crippen LogP contribution >= 0.6 is 11.6 Å². The number of amides is 2. The molecule has 0 aliphatic heterocycles. The molecule has 0 fully saturated rings. The van der Waals surface area contributed by atoms with Gasteiger partial charge in [0.05, 0.1) is 24.1 Å². The van der Waals surface area contributed by atoms with Gasteiger partial charge in [0.15, 0.2) is 0 Å². The molecule has 8 nitrogen and oxygen atoms in total. The SMILES string of the molecule is COc1ccc(N(CCCC(=O)N(Cc2ccc(F)cc2)[C@H](Cc2ccccc2)C(=O)NC(C)C)S(C)(=O)=O)cc1Cl. The van der Waals surface area contributed by atoms with Crippen LogP contribution in [0.3, 0.4) is 0 Å². The number of methoxy groups -OCH3 is 1. The predicted octanol–water partition coefficient (Wildman–Crippen LogP) is 5.20. The number of ether oxygens (including phenoxy) is 1. The van der Waals surface area contributed by atoms with E-state index in [-0.39, 0.29) is 55.2 Å².